The summed E-state index contributed by atoms with van der Waals surface area (Å²) in [5, 5.41) is 3.14. The van der Waals surface area contributed by atoms with E-state index in [-0.39, 0.29) is 5.56 Å². The number of ether oxygens (including phenoxy) is 1. The molecule has 1 heterocycles. The molecule has 1 unspecified atom stereocenters. The van der Waals surface area contributed by atoms with E-state index < -0.39 is 17.7 Å². The Morgan fingerprint density at radius 2 is 2.05 bits per heavy atom. The quantitative estimate of drug-likeness (QED) is 0.912. The molecule has 0 saturated heterocycles. The number of nitrogens with zero attached hydrogens (tertiary/aromatic N) is 1. The lowest BCUT2D eigenvalue weighted by atomic mass is 9.98. The van der Waals surface area contributed by atoms with Gasteiger partial charge < -0.3 is 10.1 Å². The van der Waals surface area contributed by atoms with Gasteiger partial charge in [0, 0.05) is 17.3 Å². The Morgan fingerprint density at radius 1 is 1.25 bits per heavy atom. The van der Waals surface area contributed by atoms with Gasteiger partial charge >= 0.3 is 0 Å². The van der Waals surface area contributed by atoms with Crippen molar-refractivity contribution in [1.29, 1.82) is 0 Å². The van der Waals surface area contributed by atoms with Crippen LogP contribution in [0.3, 0.4) is 0 Å². The zero-order chi connectivity index (χ0) is 14.5. The topological polar surface area (TPSA) is 34.2 Å². The van der Waals surface area contributed by atoms with Crippen LogP contribution in [0.1, 0.15) is 24.1 Å². The van der Waals surface area contributed by atoms with Gasteiger partial charge in [-0.05, 0) is 18.7 Å². The van der Waals surface area contributed by atoms with Crippen molar-refractivity contribution in [3.8, 4) is 5.75 Å². The number of pyridine rings is 1. The molecule has 1 N–H and O–H groups in total. The van der Waals surface area contributed by atoms with Crippen molar-refractivity contribution in [2.45, 2.75) is 13.0 Å². The first-order chi connectivity index (χ1) is 9.69. The van der Waals surface area contributed by atoms with Gasteiger partial charge in [-0.25, -0.2) is 8.78 Å². The third-order valence-corrected chi connectivity index (χ3v) is 3.05. The van der Waals surface area contributed by atoms with Crippen LogP contribution in [0.5, 0.6) is 5.75 Å². The predicted octanol–water partition coefficient (Wildman–Crippen LogP) is 3.07. The summed E-state index contributed by atoms with van der Waals surface area (Å²) in [6, 6.07) is 5.40. The highest BCUT2D eigenvalue weighted by molar-refractivity contribution is 5.40. The maximum atomic E-state index is 14.0. The average molecular weight is 278 g/mol. The molecule has 2 rings (SSSR count). The highest BCUT2D eigenvalue weighted by Gasteiger charge is 2.22. The fourth-order valence-electron chi connectivity index (χ4n) is 2.13. The minimum absolute atomic E-state index is 0.247. The van der Waals surface area contributed by atoms with Gasteiger partial charge in [-0.1, -0.05) is 19.1 Å². The Labute approximate surface area is 116 Å². The molecule has 0 radical (unpaired) electrons. The van der Waals surface area contributed by atoms with E-state index in [2.05, 4.69) is 10.3 Å². The van der Waals surface area contributed by atoms with Crippen LogP contribution in [-0.4, -0.2) is 18.6 Å². The Hall–Kier alpha value is -2.01. The van der Waals surface area contributed by atoms with Gasteiger partial charge in [0.05, 0.1) is 19.3 Å². The van der Waals surface area contributed by atoms with E-state index in [4.69, 9.17) is 4.74 Å². The van der Waals surface area contributed by atoms with E-state index in [0.29, 0.717) is 17.9 Å². The fraction of sp³-hybridized carbons (Fsp3) is 0.267. The van der Waals surface area contributed by atoms with Crippen molar-refractivity contribution in [2.75, 3.05) is 13.7 Å². The number of nitrogens with one attached hydrogen (secondary N) is 1. The number of benzene rings is 1. The molecule has 0 aliphatic rings. The second-order valence-electron chi connectivity index (χ2n) is 4.25. The summed E-state index contributed by atoms with van der Waals surface area (Å²) in [7, 11) is 1.52. The van der Waals surface area contributed by atoms with Crippen molar-refractivity contribution in [2.24, 2.45) is 0 Å². The average Bonchev–Trinajstić information content (AvgIpc) is 2.48. The van der Waals surface area contributed by atoms with E-state index >= 15 is 0 Å². The van der Waals surface area contributed by atoms with Crippen LogP contribution < -0.4 is 10.1 Å². The molecular weight excluding hydrogens is 262 g/mol. The van der Waals surface area contributed by atoms with Gasteiger partial charge in [-0.3, -0.25) is 4.98 Å². The fourth-order valence-corrected chi connectivity index (χ4v) is 2.13. The van der Waals surface area contributed by atoms with Crippen molar-refractivity contribution in [3.05, 3.63) is 59.4 Å². The van der Waals surface area contributed by atoms with Gasteiger partial charge in [0.25, 0.3) is 0 Å². The Bertz CT molecular complexity index is 590. The van der Waals surface area contributed by atoms with Gasteiger partial charge in [-0.2, -0.15) is 0 Å². The molecule has 2 aromatic rings. The van der Waals surface area contributed by atoms with E-state index in [1.807, 2.05) is 6.92 Å². The molecule has 0 aliphatic heterocycles. The molecular formula is C15H16F2N2O. The summed E-state index contributed by atoms with van der Waals surface area (Å²) >= 11 is 0. The third-order valence-electron chi connectivity index (χ3n) is 3.05. The van der Waals surface area contributed by atoms with E-state index in [0.717, 1.165) is 6.07 Å². The molecule has 0 fully saturated rings. The maximum Gasteiger partial charge on any atom is 0.163 e. The Kier molecular flexibility index (Phi) is 4.63. The zero-order valence-corrected chi connectivity index (χ0v) is 11.4. The lowest BCUT2D eigenvalue weighted by molar-refractivity contribution is 0.400. The van der Waals surface area contributed by atoms with Crippen LogP contribution in [0.4, 0.5) is 8.78 Å². The van der Waals surface area contributed by atoms with Crippen LogP contribution in [0, 0.1) is 11.6 Å². The monoisotopic (exact) mass is 278 g/mol. The van der Waals surface area contributed by atoms with E-state index in [1.54, 1.807) is 24.5 Å². The summed E-state index contributed by atoms with van der Waals surface area (Å²) in [6.07, 6.45) is 3.15. The van der Waals surface area contributed by atoms with Gasteiger partial charge in [0.15, 0.2) is 11.6 Å². The highest BCUT2D eigenvalue weighted by Crippen LogP contribution is 2.31. The Morgan fingerprint density at radius 3 is 2.75 bits per heavy atom. The van der Waals surface area contributed by atoms with Gasteiger partial charge in [0.1, 0.15) is 5.75 Å². The molecule has 0 aliphatic carbocycles. The summed E-state index contributed by atoms with van der Waals surface area (Å²) < 4.78 is 32.7. The number of aromatic nitrogens is 1. The molecule has 0 spiro atoms. The minimum Gasteiger partial charge on any atom is -0.495 e. The molecule has 106 valence electrons. The predicted molar refractivity (Wildman–Crippen MR) is 72.7 cm³/mol. The summed E-state index contributed by atoms with van der Waals surface area (Å²) in [4.78, 5) is 3.97. The second-order valence-corrected chi connectivity index (χ2v) is 4.25. The number of hydrogen-bond donors (Lipinski definition) is 1. The van der Waals surface area contributed by atoms with Crippen LogP contribution in [0.25, 0.3) is 0 Å². The third kappa shape index (κ3) is 2.77. The standard InChI is InChI=1S/C15H16F2N2O/c1-3-19-15(10-7-8-18-9-13(10)20-2)11-5-4-6-12(16)14(11)17/h4-9,15,19H,3H2,1-2H3. The normalized spacial score (nSPS) is 12.2. The van der Waals surface area contributed by atoms with Gasteiger partial charge in [0.2, 0.25) is 0 Å². The zero-order valence-electron chi connectivity index (χ0n) is 11.4. The number of methoxy groups -OCH3 is 1. The molecule has 0 bridgehead atoms. The molecule has 1 atom stereocenters. The van der Waals surface area contributed by atoms with Crippen molar-refractivity contribution < 1.29 is 13.5 Å². The highest BCUT2D eigenvalue weighted by atomic mass is 19.2. The molecule has 5 heteroatoms. The summed E-state index contributed by atoms with van der Waals surface area (Å²) in [5.74, 6) is -1.18. The largest absolute Gasteiger partial charge is 0.495 e. The van der Waals surface area contributed by atoms with Crippen LogP contribution in [0.15, 0.2) is 36.7 Å². The molecule has 1 aromatic carbocycles. The first kappa shape index (κ1) is 14.4. The van der Waals surface area contributed by atoms with E-state index in [9.17, 15) is 8.78 Å². The number of rotatable bonds is 5. The van der Waals surface area contributed by atoms with Crippen LogP contribution in [0.2, 0.25) is 0 Å². The summed E-state index contributed by atoms with van der Waals surface area (Å²) in [5.41, 5.74) is 0.963. The van der Waals surface area contributed by atoms with E-state index in [1.165, 1.54) is 13.2 Å². The molecule has 0 amide bonds. The molecule has 20 heavy (non-hydrogen) atoms. The molecule has 1 aromatic heterocycles. The number of hydrogen-bond acceptors (Lipinski definition) is 3. The summed E-state index contributed by atoms with van der Waals surface area (Å²) in [6.45, 7) is 2.50. The van der Waals surface area contributed by atoms with Crippen LogP contribution in [-0.2, 0) is 0 Å². The first-order valence-corrected chi connectivity index (χ1v) is 6.34. The Balaban J connectivity index is 2.53. The smallest absolute Gasteiger partial charge is 0.163 e. The van der Waals surface area contributed by atoms with Gasteiger partial charge in [-0.15, -0.1) is 0 Å². The first-order valence-electron chi connectivity index (χ1n) is 6.34. The molecule has 0 saturated carbocycles. The lowest BCUT2D eigenvalue weighted by Crippen LogP contribution is -2.24. The SMILES string of the molecule is CCNC(c1ccncc1OC)c1cccc(F)c1F. The van der Waals surface area contributed by atoms with Crippen molar-refractivity contribution in [3.63, 3.8) is 0 Å². The lowest BCUT2D eigenvalue weighted by Gasteiger charge is -2.21. The minimum atomic E-state index is -0.863. The van der Waals surface area contributed by atoms with Crippen LogP contribution >= 0.6 is 0 Å². The second kappa shape index (κ2) is 6.43. The molecule has 3 nitrogen and oxygen atoms in total. The van der Waals surface area contributed by atoms with Crippen molar-refractivity contribution >= 4 is 0 Å². The van der Waals surface area contributed by atoms with Crippen molar-refractivity contribution in [1.82, 2.24) is 10.3 Å². The number of halogens is 2. The maximum absolute atomic E-state index is 14.0.